The van der Waals surface area contributed by atoms with Gasteiger partial charge in [-0.2, -0.15) is 0 Å². The van der Waals surface area contributed by atoms with Gasteiger partial charge in [-0.1, -0.05) is 25.5 Å². The summed E-state index contributed by atoms with van der Waals surface area (Å²) in [5.74, 6) is 3.50. The van der Waals surface area contributed by atoms with Gasteiger partial charge in [0, 0.05) is 12.0 Å². The maximum absolute atomic E-state index is 12.4. The van der Waals surface area contributed by atoms with Gasteiger partial charge in [-0.3, -0.25) is 4.79 Å². The van der Waals surface area contributed by atoms with E-state index in [2.05, 4.69) is 6.92 Å². The van der Waals surface area contributed by atoms with E-state index in [4.69, 9.17) is 4.74 Å². The van der Waals surface area contributed by atoms with Crippen molar-refractivity contribution < 1.29 is 9.53 Å². The van der Waals surface area contributed by atoms with Gasteiger partial charge in [0.05, 0.1) is 6.61 Å². The summed E-state index contributed by atoms with van der Waals surface area (Å²) in [6.45, 7) is 2.80. The highest BCUT2D eigenvalue weighted by Gasteiger charge is 2.40. The Morgan fingerprint density at radius 3 is 2.90 bits per heavy atom. The van der Waals surface area contributed by atoms with Crippen molar-refractivity contribution in [2.75, 3.05) is 6.61 Å². The van der Waals surface area contributed by atoms with Crippen LogP contribution in [-0.2, 0) is 0 Å². The van der Waals surface area contributed by atoms with E-state index in [1.165, 1.54) is 25.7 Å². The Labute approximate surface area is 121 Å². The Kier molecular flexibility index (Phi) is 4.09. The van der Waals surface area contributed by atoms with Crippen molar-refractivity contribution in [1.82, 2.24) is 0 Å². The van der Waals surface area contributed by atoms with Gasteiger partial charge in [0.15, 0.2) is 5.78 Å². The smallest absolute Gasteiger partial charge is 0.163 e. The highest BCUT2D eigenvalue weighted by atomic mass is 16.5. The minimum absolute atomic E-state index is 0.296. The third-order valence-corrected chi connectivity index (χ3v) is 4.96. The van der Waals surface area contributed by atoms with Crippen LogP contribution in [0.25, 0.3) is 0 Å². The highest BCUT2D eigenvalue weighted by Crippen LogP contribution is 2.49. The molecule has 0 radical (unpaired) electrons. The predicted molar refractivity (Wildman–Crippen MR) is 80.1 cm³/mol. The van der Waals surface area contributed by atoms with E-state index >= 15 is 0 Å². The zero-order chi connectivity index (χ0) is 13.9. The lowest BCUT2D eigenvalue weighted by Gasteiger charge is -2.20. The third-order valence-electron chi connectivity index (χ3n) is 4.96. The van der Waals surface area contributed by atoms with Crippen LogP contribution in [-0.4, -0.2) is 12.4 Å². The van der Waals surface area contributed by atoms with Crippen molar-refractivity contribution in [1.29, 1.82) is 0 Å². The minimum atomic E-state index is 0.296. The van der Waals surface area contributed by atoms with Crippen molar-refractivity contribution in [3.8, 4) is 5.75 Å². The first-order valence-electron chi connectivity index (χ1n) is 8.02. The number of carbonyl (C=O) groups is 1. The van der Waals surface area contributed by atoms with Crippen LogP contribution in [0, 0.1) is 17.8 Å². The first-order chi connectivity index (χ1) is 9.76. The monoisotopic (exact) mass is 272 g/mol. The molecule has 1 aromatic carbocycles. The van der Waals surface area contributed by atoms with Crippen LogP contribution in [0.2, 0.25) is 0 Å². The topological polar surface area (TPSA) is 26.3 Å². The molecule has 2 bridgehead atoms. The van der Waals surface area contributed by atoms with Crippen molar-refractivity contribution in [2.45, 2.75) is 45.4 Å². The fourth-order valence-corrected chi connectivity index (χ4v) is 3.96. The number of hydrogen-bond donors (Lipinski definition) is 0. The molecule has 2 aliphatic carbocycles. The lowest BCUT2D eigenvalue weighted by Crippen LogP contribution is -2.15. The molecule has 0 N–H and O–H groups in total. The lowest BCUT2D eigenvalue weighted by molar-refractivity contribution is 0.0944. The summed E-state index contributed by atoms with van der Waals surface area (Å²) in [6, 6.07) is 7.70. The molecule has 0 aromatic heterocycles. The van der Waals surface area contributed by atoms with Gasteiger partial charge >= 0.3 is 0 Å². The van der Waals surface area contributed by atoms with E-state index in [1.54, 1.807) is 0 Å². The Morgan fingerprint density at radius 1 is 1.30 bits per heavy atom. The van der Waals surface area contributed by atoms with Crippen LogP contribution in [0.15, 0.2) is 24.3 Å². The summed E-state index contributed by atoms with van der Waals surface area (Å²) < 4.78 is 5.61. The lowest BCUT2D eigenvalue weighted by atomic mass is 9.84. The molecule has 0 aliphatic heterocycles. The van der Waals surface area contributed by atoms with E-state index in [0.29, 0.717) is 18.3 Å². The Bertz CT molecular complexity index is 480. The molecule has 2 saturated carbocycles. The highest BCUT2D eigenvalue weighted by molar-refractivity contribution is 5.96. The number of fused-ring (bicyclic) bond motifs is 2. The summed E-state index contributed by atoms with van der Waals surface area (Å²) >= 11 is 0. The Balaban J connectivity index is 1.62. The second-order valence-electron chi connectivity index (χ2n) is 6.44. The number of rotatable bonds is 6. The van der Waals surface area contributed by atoms with Crippen LogP contribution in [0.5, 0.6) is 5.75 Å². The summed E-state index contributed by atoms with van der Waals surface area (Å²) in [4.78, 5) is 12.4. The first-order valence-corrected chi connectivity index (χ1v) is 8.02. The molecule has 20 heavy (non-hydrogen) atoms. The SMILES string of the molecule is CCCOc1cccc(C(=O)CC2CC3CCC2C3)c1. The molecule has 3 atom stereocenters. The molecule has 2 heteroatoms. The summed E-state index contributed by atoms with van der Waals surface area (Å²) in [7, 11) is 0. The van der Waals surface area contributed by atoms with Crippen molar-refractivity contribution in [2.24, 2.45) is 17.8 Å². The van der Waals surface area contributed by atoms with Crippen molar-refractivity contribution in [3.63, 3.8) is 0 Å². The second kappa shape index (κ2) is 5.99. The van der Waals surface area contributed by atoms with Gasteiger partial charge in [-0.15, -0.1) is 0 Å². The number of hydrogen-bond acceptors (Lipinski definition) is 2. The molecule has 2 aliphatic rings. The zero-order valence-corrected chi connectivity index (χ0v) is 12.3. The van der Waals surface area contributed by atoms with Crippen LogP contribution < -0.4 is 4.74 Å². The van der Waals surface area contributed by atoms with E-state index in [1.807, 2.05) is 24.3 Å². The number of ketones is 1. The van der Waals surface area contributed by atoms with E-state index in [-0.39, 0.29) is 0 Å². The normalized spacial score (nSPS) is 27.8. The largest absolute Gasteiger partial charge is 0.494 e. The fraction of sp³-hybridized carbons (Fsp3) is 0.611. The van der Waals surface area contributed by atoms with Crippen LogP contribution in [0.3, 0.4) is 0 Å². The fourth-order valence-electron chi connectivity index (χ4n) is 3.96. The number of benzene rings is 1. The zero-order valence-electron chi connectivity index (χ0n) is 12.3. The summed E-state index contributed by atoms with van der Waals surface area (Å²) in [6.07, 6.45) is 7.12. The molecule has 2 fully saturated rings. The van der Waals surface area contributed by atoms with Gasteiger partial charge in [0.1, 0.15) is 5.75 Å². The number of ether oxygens (including phenoxy) is 1. The molecule has 3 rings (SSSR count). The molecular weight excluding hydrogens is 248 g/mol. The average molecular weight is 272 g/mol. The molecular formula is C18H24O2. The van der Waals surface area contributed by atoms with E-state index < -0.39 is 0 Å². The average Bonchev–Trinajstić information content (AvgIpc) is 3.08. The molecule has 0 spiro atoms. The molecule has 3 unspecified atom stereocenters. The van der Waals surface area contributed by atoms with Gasteiger partial charge in [-0.25, -0.2) is 0 Å². The van der Waals surface area contributed by atoms with E-state index in [0.717, 1.165) is 36.0 Å². The standard InChI is InChI=1S/C18H24O2/c1-2-8-20-17-5-3-4-15(11-17)18(19)12-16-10-13-6-7-14(16)9-13/h3-5,11,13-14,16H,2,6-10,12H2,1H3. The summed E-state index contributed by atoms with van der Waals surface area (Å²) in [5.41, 5.74) is 0.821. The van der Waals surface area contributed by atoms with Crippen molar-refractivity contribution >= 4 is 5.78 Å². The molecule has 0 saturated heterocycles. The van der Waals surface area contributed by atoms with Gasteiger partial charge in [-0.05, 0) is 55.6 Å². The van der Waals surface area contributed by atoms with Gasteiger partial charge in [0.25, 0.3) is 0 Å². The molecule has 0 heterocycles. The molecule has 0 amide bonds. The van der Waals surface area contributed by atoms with E-state index in [9.17, 15) is 4.79 Å². The second-order valence-corrected chi connectivity index (χ2v) is 6.44. The molecule has 2 nitrogen and oxygen atoms in total. The maximum Gasteiger partial charge on any atom is 0.163 e. The predicted octanol–water partition coefficient (Wildman–Crippen LogP) is 4.48. The quantitative estimate of drug-likeness (QED) is 0.713. The number of Topliss-reactive ketones (excluding diaryl/α,β-unsaturated/α-hetero) is 1. The van der Waals surface area contributed by atoms with Gasteiger partial charge in [0.2, 0.25) is 0 Å². The van der Waals surface area contributed by atoms with Crippen LogP contribution >= 0.6 is 0 Å². The van der Waals surface area contributed by atoms with Crippen LogP contribution in [0.1, 0.15) is 55.8 Å². The Hall–Kier alpha value is -1.31. The molecule has 1 aromatic rings. The van der Waals surface area contributed by atoms with Crippen molar-refractivity contribution in [3.05, 3.63) is 29.8 Å². The summed E-state index contributed by atoms with van der Waals surface area (Å²) in [5, 5.41) is 0. The maximum atomic E-state index is 12.4. The van der Waals surface area contributed by atoms with Crippen LogP contribution in [0.4, 0.5) is 0 Å². The Morgan fingerprint density at radius 2 is 2.20 bits per heavy atom. The van der Waals surface area contributed by atoms with Gasteiger partial charge < -0.3 is 4.74 Å². The first kappa shape index (κ1) is 13.7. The number of carbonyl (C=O) groups excluding carboxylic acids is 1. The molecule has 108 valence electrons. The minimum Gasteiger partial charge on any atom is -0.494 e. The third kappa shape index (κ3) is 2.89.